The van der Waals surface area contributed by atoms with Crippen LogP contribution >= 0.6 is 0 Å². The molecule has 0 aliphatic carbocycles. The van der Waals surface area contributed by atoms with E-state index in [0.717, 1.165) is 5.69 Å². The second-order valence-electron chi connectivity index (χ2n) is 3.88. The van der Waals surface area contributed by atoms with Crippen molar-refractivity contribution in [2.45, 2.75) is 6.92 Å². The Morgan fingerprint density at radius 3 is 3.00 bits per heavy atom. The van der Waals surface area contributed by atoms with Crippen molar-refractivity contribution in [3.05, 3.63) is 23.8 Å². The van der Waals surface area contributed by atoms with Crippen LogP contribution in [0.15, 0.2) is 18.2 Å². The molecule has 1 heterocycles. The van der Waals surface area contributed by atoms with Crippen LogP contribution in [-0.2, 0) is 9.59 Å². The molecule has 1 aliphatic heterocycles. The van der Waals surface area contributed by atoms with Crippen molar-refractivity contribution in [3.8, 4) is 6.07 Å². The summed E-state index contributed by atoms with van der Waals surface area (Å²) in [5, 5.41) is 11.8. The van der Waals surface area contributed by atoms with Gasteiger partial charge in [-0.2, -0.15) is 5.26 Å². The predicted molar refractivity (Wildman–Crippen MR) is 62.7 cm³/mol. The number of amides is 1. The van der Waals surface area contributed by atoms with Crippen LogP contribution in [0, 0.1) is 11.3 Å². The Bertz CT molecular complexity index is 531. The molecule has 2 rings (SSSR count). The highest BCUT2D eigenvalue weighted by Crippen LogP contribution is 2.30. The summed E-state index contributed by atoms with van der Waals surface area (Å²) in [4.78, 5) is 24.3. The number of carbonyl (C=O) groups excluding carboxylic acids is 2. The van der Waals surface area contributed by atoms with Crippen molar-refractivity contribution in [1.82, 2.24) is 0 Å². The molecule has 1 aromatic carbocycles. The molecule has 1 N–H and O–H groups in total. The fourth-order valence-corrected chi connectivity index (χ4v) is 1.77. The fraction of sp³-hybridized carbons (Fsp3) is 0.250. The van der Waals surface area contributed by atoms with Crippen LogP contribution in [0.4, 0.5) is 11.4 Å². The Morgan fingerprint density at radius 1 is 1.59 bits per heavy atom. The number of ketones is 1. The third kappa shape index (κ3) is 2.11. The van der Waals surface area contributed by atoms with Crippen molar-refractivity contribution in [3.63, 3.8) is 0 Å². The lowest BCUT2D eigenvalue weighted by Crippen LogP contribution is -2.42. The van der Waals surface area contributed by atoms with Gasteiger partial charge in [-0.1, -0.05) is 0 Å². The van der Waals surface area contributed by atoms with Crippen LogP contribution in [0.25, 0.3) is 0 Å². The fourth-order valence-electron chi connectivity index (χ4n) is 1.77. The Hall–Kier alpha value is -2.35. The molecule has 0 fully saturated rings. The van der Waals surface area contributed by atoms with E-state index in [9.17, 15) is 9.59 Å². The molecule has 0 aromatic heterocycles. The third-order valence-corrected chi connectivity index (χ3v) is 2.53. The number of benzene rings is 1. The molecule has 17 heavy (non-hydrogen) atoms. The molecule has 86 valence electrons. The lowest BCUT2D eigenvalue weighted by molar-refractivity contribution is -0.121. The van der Waals surface area contributed by atoms with E-state index in [4.69, 9.17) is 5.26 Å². The van der Waals surface area contributed by atoms with E-state index < -0.39 is 0 Å². The Labute approximate surface area is 98.6 Å². The molecular formula is C12H11N3O2. The smallest absolute Gasteiger partial charge is 0.246 e. The monoisotopic (exact) mass is 229 g/mol. The van der Waals surface area contributed by atoms with Gasteiger partial charge >= 0.3 is 0 Å². The van der Waals surface area contributed by atoms with Gasteiger partial charge < -0.3 is 10.2 Å². The lowest BCUT2D eigenvalue weighted by atomic mass is 10.1. The number of hydrogen-bond donors (Lipinski definition) is 1. The number of nitriles is 1. The first-order valence-electron chi connectivity index (χ1n) is 5.19. The zero-order chi connectivity index (χ0) is 12.4. The number of carbonyl (C=O) groups is 2. The van der Waals surface area contributed by atoms with Gasteiger partial charge in [0.15, 0.2) is 0 Å². The zero-order valence-corrected chi connectivity index (χ0v) is 9.36. The molecule has 0 bridgehead atoms. The normalized spacial score (nSPS) is 13.6. The van der Waals surface area contributed by atoms with Crippen LogP contribution in [0.2, 0.25) is 0 Å². The van der Waals surface area contributed by atoms with Crippen molar-refractivity contribution in [2.24, 2.45) is 0 Å². The van der Waals surface area contributed by atoms with Crippen molar-refractivity contribution in [2.75, 3.05) is 23.3 Å². The second kappa shape index (κ2) is 4.26. The summed E-state index contributed by atoms with van der Waals surface area (Å²) in [6, 6.07) is 7.05. The minimum absolute atomic E-state index is 0.0440. The summed E-state index contributed by atoms with van der Waals surface area (Å²) in [5.74, 6) is -0.253. The van der Waals surface area contributed by atoms with Gasteiger partial charge in [0.1, 0.15) is 5.78 Å². The average molecular weight is 229 g/mol. The van der Waals surface area contributed by atoms with Gasteiger partial charge in [0, 0.05) is 0 Å². The van der Waals surface area contributed by atoms with Gasteiger partial charge in [0.2, 0.25) is 5.91 Å². The predicted octanol–water partition coefficient (Wildman–Crippen LogP) is 0.906. The largest absolute Gasteiger partial charge is 0.374 e. The molecular weight excluding hydrogens is 218 g/mol. The van der Waals surface area contributed by atoms with Crippen molar-refractivity contribution < 1.29 is 9.59 Å². The van der Waals surface area contributed by atoms with E-state index >= 15 is 0 Å². The topological polar surface area (TPSA) is 73.2 Å². The highest BCUT2D eigenvalue weighted by Gasteiger charge is 2.24. The number of nitrogens with zero attached hydrogens (tertiary/aromatic N) is 2. The first kappa shape index (κ1) is 11.1. The van der Waals surface area contributed by atoms with E-state index in [-0.39, 0.29) is 24.8 Å². The maximum absolute atomic E-state index is 11.7. The summed E-state index contributed by atoms with van der Waals surface area (Å²) in [6.07, 6.45) is 0. The molecule has 0 saturated carbocycles. The molecule has 0 atom stereocenters. The highest BCUT2D eigenvalue weighted by atomic mass is 16.2. The first-order chi connectivity index (χ1) is 8.11. The molecule has 5 nitrogen and oxygen atoms in total. The number of fused-ring (bicyclic) bond motifs is 1. The highest BCUT2D eigenvalue weighted by molar-refractivity contribution is 6.06. The van der Waals surface area contributed by atoms with Crippen molar-refractivity contribution in [1.29, 1.82) is 5.26 Å². The van der Waals surface area contributed by atoms with E-state index in [1.807, 2.05) is 6.07 Å². The summed E-state index contributed by atoms with van der Waals surface area (Å²) in [5.41, 5.74) is 1.83. The van der Waals surface area contributed by atoms with Gasteiger partial charge in [-0.25, -0.2) is 0 Å². The molecule has 0 saturated heterocycles. The standard InChI is InChI=1S/C12H11N3O2/c1-8(16)7-15-11-4-9(5-13)2-3-10(11)14-6-12(15)17/h2-4,14H,6-7H2,1H3. The first-order valence-corrected chi connectivity index (χ1v) is 5.19. The lowest BCUT2D eigenvalue weighted by Gasteiger charge is -2.29. The SMILES string of the molecule is CC(=O)CN1C(=O)CNc2ccc(C#N)cc21. The third-order valence-electron chi connectivity index (χ3n) is 2.53. The van der Waals surface area contributed by atoms with Crippen LogP contribution in [-0.4, -0.2) is 24.8 Å². The maximum Gasteiger partial charge on any atom is 0.246 e. The van der Waals surface area contributed by atoms with E-state index in [1.54, 1.807) is 18.2 Å². The molecule has 0 spiro atoms. The number of rotatable bonds is 2. The van der Waals surface area contributed by atoms with Crippen LogP contribution < -0.4 is 10.2 Å². The Balaban J connectivity index is 2.45. The number of nitrogens with one attached hydrogen (secondary N) is 1. The van der Waals surface area contributed by atoms with Crippen LogP contribution in [0.5, 0.6) is 0 Å². The van der Waals surface area contributed by atoms with E-state index in [2.05, 4.69) is 5.32 Å². The van der Waals surface area contributed by atoms with Gasteiger partial charge in [-0.05, 0) is 25.1 Å². The van der Waals surface area contributed by atoms with Gasteiger partial charge in [-0.3, -0.25) is 9.59 Å². The van der Waals surface area contributed by atoms with Crippen LogP contribution in [0.1, 0.15) is 12.5 Å². The molecule has 0 unspecified atom stereocenters. The molecule has 5 heteroatoms. The quantitative estimate of drug-likeness (QED) is 0.817. The minimum Gasteiger partial charge on any atom is -0.374 e. The number of Topliss-reactive ketones (excluding diaryl/α,β-unsaturated/α-hetero) is 1. The average Bonchev–Trinajstić information content (AvgIpc) is 2.32. The van der Waals surface area contributed by atoms with Crippen LogP contribution in [0.3, 0.4) is 0 Å². The van der Waals surface area contributed by atoms with Gasteiger partial charge in [0.05, 0.1) is 36.1 Å². The summed E-state index contributed by atoms with van der Waals surface area (Å²) in [6.45, 7) is 1.65. The maximum atomic E-state index is 11.7. The Morgan fingerprint density at radius 2 is 2.35 bits per heavy atom. The van der Waals surface area contributed by atoms with Crippen molar-refractivity contribution >= 4 is 23.1 Å². The Kier molecular flexibility index (Phi) is 2.79. The van der Waals surface area contributed by atoms with Gasteiger partial charge in [0.25, 0.3) is 0 Å². The zero-order valence-electron chi connectivity index (χ0n) is 9.36. The second-order valence-corrected chi connectivity index (χ2v) is 3.88. The molecule has 1 aromatic rings. The summed E-state index contributed by atoms with van der Waals surface area (Å²) < 4.78 is 0. The minimum atomic E-state index is -0.164. The number of anilines is 2. The van der Waals surface area contributed by atoms with E-state index in [0.29, 0.717) is 11.3 Å². The molecule has 0 radical (unpaired) electrons. The molecule has 1 aliphatic rings. The number of hydrogen-bond acceptors (Lipinski definition) is 4. The molecule has 1 amide bonds. The van der Waals surface area contributed by atoms with Gasteiger partial charge in [-0.15, -0.1) is 0 Å². The van der Waals surface area contributed by atoms with E-state index in [1.165, 1.54) is 11.8 Å². The summed E-state index contributed by atoms with van der Waals surface area (Å²) in [7, 11) is 0. The summed E-state index contributed by atoms with van der Waals surface area (Å²) >= 11 is 0.